The summed E-state index contributed by atoms with van der Waals surface area (Å²) >= 11 is 0. The topological polar surface area (TPSA) is 75.6 Å². The van der Waals surface area contributed by atoms with Gasteiger partial charge in [0.1, 0.15) is 11.6 Å². The first-order valence-corrected chi connectivity index (χ1v) is 7.70. The molecular formula is C20H14FNO4. The second kappa shape index (κ2) is 7.48. The number of benzene rings is 3. The van der Waals surface area contributed by atoms with Gasteiger partial charge in [0.05, 0.1) is 11.3 Å². The van der Waals surface area contributed by atoms with Crippen LogP contribution < -0.4 is 10.1 Å². The number of carboxylic acids is 1. The number of aromatic carboxylic acids is 1. The molecule has 0 aliphatic rings. The van der Waals surface area contributed by atoms with Crippen LogP contribution in [0.15, 0.2) is 72.8 Å². The minimum Gasteiger partial charge on any atom is -0.478 e. The van der Waals surface area contributed by atoms with Crippen LogP contribution in [0.4, 0.5) is 10.1 Å². The molecular weight excluding hydrogens is 337 g/mol. The molecule has 0 aromatic heterocycles. The summed E-state index contributed by atoms with van der Waals surface area (Å²) in [5.41, 5.74) is 0.736. The first kappa shape index (κ1) is 17.2. The molecule has 5 nitrogen and oxygen atoms in total. The van der Waals surface area contributed by atoms with Crippen molar-refractivity contribution < 1.29 is 23.8 Å². The first-order valence-electron chi connectivity index (χ1n) is 7.70. The highest BCUT2D eigenvalue weighted by molar-refractivity contribution is 6.05. The molecule has 1 amide bonds. The van der Waals surface area contributed by atoms with Crippen LogP contribution in [-0.4, -0.2) is 17.0 Å². The van der Waals surface area contributed by atoms with Gasteiger partial charge < -0.3 is 15.2 Å². The predicted molar refractivity (Wildman–Crippen MR) is 94.3 cm³/mol. The average molecular weight is 351 g/mol. The molecule has 3 rings (SSSR count). The normalized spacial score (nSPS) is 10.2. The van der Waals surface area contributed by atoms with E-state index < -0.39 is 17.7 Å². The van der Waals surface area contributed by atoms with Crippen molar-refractivity contribution in [2.45, 2.75) is 0 Å². The van der Waals surface area contributed by atoms with E-state index in [-0.39, 0.29) is 11.1 Å². The fourth-order valence-electron chi connectivity index (χ4n) is 2.28. The molecule has 6 heteroatoms. The molecule has 0 aliphatic heterocycles. The Hall–Kier alpha value is -3.67. The molecule has 0 saturated heterocycles. The summed E-state index contributed by atoms with van der Waals surface area (Å²) in [4.78, 5) is 23.2. The van der Waals surface area contributed by atoms with E-state index in [0.29, 0.717) is 17.2 Å². The second-order valence-corrected chi connectivity index (χ2v) is 5.39. The highest BCUT2D eigenvalue weighted by atomic mass is 19.1. The Morgan fingerprint density at radius 1 is 0.885 bits per heavy atom. The second-order valence-electron chi connectivity index (χ2n) is 5.39. The van der Waals surface area contributed by atoms with Crippen LogP contribution in [0.3, 0.4) is 0 Å². The van der Waals surface area contributed by atoms with Crippen molar-refractivity contribution >= 4 is 17.6 Å². The lowest BCUT2D eigenvalue weighted by Gasteiger charge is -2.12. The Balaban J connectivity index is 1.79. The van der Waals surface area contributed by atoms with Gasteiger partial charge in [0.2, 0.25) is 0 Å². The van der Waals surface area contributed by atoms with Crippen LogP contribution in [0.25, 0.3) is 0 Å². The third kappa shape index (κ3) is 4.05. The van der Waals surface area contributed by atoms with E-state index in [0.717, 1.165) is 6.07 Å². The van der Waals surface area contributed by atoms with Crippen molar-refractivity contribution in [1.29, 1.82) is 0 Å². The lowest BCUT2D eigenvalue weighted by molar-refractivity contribution is 0.0696. The van der Waals surface area contributed by atoms with Gasteiger partial charge >= 0.3 is 5.97 Å². The minimum atomic E-state index is -1.03. The van der Waals surface area contributed by atoms with E-state index >= 15 is 0 Å². The number of ether oxygens (including phenoxy) is 1. The van der Waals surface area contributed by atoms with Gasteiger partial charge in [-0.05, 0) is 54.6 Å². The maximum atomic E-state index is 13.3. The first-order chi connectivity index (χ1) is 12.5. The lowest BCUT2D eigenvalue weighted by Crippen LogP contribution is -2.12. The lowest BCUT2D eigenvalue weighted by atomic mass is 10.2. The van der Waals surface area contributed by atoms with Crippen molar-refractivity contribution in [1.82, 2.24) is 0 Å². The summed E-state index contributed by atoms with van der Waals surface area (Å²) in [6, 6.07) is 18.0. The van der Waals surface area contributed by atoms with Crippen LogP contribution in [-0.2, 0) is 0 Å². The van der Waals surface area contributed by atoms with E-state index in [2.05, 4.69) is 5.32 Å². The summed E-state index contributed by atoms with van der Waals surface area (Å²) in [5.74, 6) is -1.20. The van der Waals surface area contributed by atoms with Gasteiger partial charge in [0.25, 0.3) is 5.91 Å². The number of anilines is 1. The number of halogens is 1. The molecule has 0 aliphatic carbocycles. The van der Waals surface area contributed by atoms with Crippen molar-refractivity contribution in [2.75, 3.05) is 5.32 Å². The number of para-hydroxylation sites is 2. The van der Waals surface area contributed by atoms with Crippen LogP contribution in [0.5, 0.6) is 11.5 Å². The molecule has 0 heterocycles. The van der Waals surface area contributed by atoms with Crippen molar-refractivity contribution in [3.63, 3.8) is 0 Å². The van der Waals surface area contributed by atoms with E-state index in [1.165, 1.54) is 42.5 Å². The van der Waals surface area contributed by atoms with Crippen molar-refractivity contribution in [2.24, 2.45) is 0 Å². The van der Waals surface area contributed by atoms with E-state index in [4.69, 9.17) is 9.84 Å². The van der Waals surface area contributed by atoms with E-state index in [1.54, 1.807) is 24.3 Å². The quantitative estimate of drug-likeness (QED) is 0.706. The molecule has 26 heavy (non-hydrogen) atoms. The predicted octanol–water partition coefficient (Wildman–Crippen LogP) is 4.57. The number of hydrogen-bond acceptors (Lipinski definition) is 3. The van der Waals surface area contributed by atoms with Gasteiger partial charge in [-0.25, -0.2) is 9.18 Å². The smallest absolute Gasteiger partial charge is 0.335 e. The fraction of sp³-hybridized carbons (Fsp3) is 0. The summed E-state index contributed by atoms with van der Waals surface area (Å²) < 4.78 is 19.0. The molecule has 3 aromatic rings. The number of carbonyl (C=O) groups is 2. The Labute approximate surface area is 148 Å². The molecule has 0 unspecified atom stereocenters. The Morgan fingerprint density at radius 3 is 2.31 bits per heavy atom. The molecule has 130 valence electrons. The van der Waals surface area contributed by atoms with E-state index in [9.17, 15) is 14.0 Å². The largest absolute Gasteiger partial charge is 0.478 e. The average Bonchev–Trinajstić information content (AvgIpc) is 2.64. The van der Waals surface area contributed by atoms with Crippen LogP contribution >= 0.6 is 0 Å². The number of rotatable bonds is 5. The molecule has 2 N–H and O–H groups in total. The molecule has 0 bridgehead atoms. The SMILES string of the molecule is O=C(O)c1ccc(Oc2ccccc2NC(=O)c2cccc(F)c2)cc1. The zero-order valence-electron chi connectivity index (χ0n) is 13.5. The zero-order chi connectivity index (χ0) is 18.5. The van der Waals surface area contributed by atoms with Gasteiger partial charge in [-0.3, -0.25) is 4.79 Å². The maximum absolute atomic E-state index is 13.3. The minimum absolute atomic E-state index is 0.144. The molecule has 0 saturated carbocycles. The van der Waals surface area contributed by atoms with Crippen LogP contribution in [0.1, 0.15) is 20.7 Å². The Morgan fingerprint density at radius 2 is 1.62 bits per heavy atom. The van der Waals surface area contributed by atoms with Crippen molar-refractivity contribution in [3.8, 4) is 11.5 Å². The van der Waals surface area contributed by atoms with Crippen LogP contribution in [0, 0.1) is 5.82 Å². The number of carboxylic acid groups (broad SMARTS) is 1. The summed E-state index contributed by atoms with van der Waals surface area (Å²) in [5, 5.41) is 11.6. The highest BCUT2D eigenvalue weighted by Crippen LogP contribution is 2.29. The van der Waals surface area contributed by atoms with E-state index in [1.807, 2.05) is 0 Å². The molecule has 0 radical (unpaired) electrons. The fourth-order valence-corrected chi connectivity index (χ4v) is 2.28. The van der Waals surface area contributed by atoms with Gasteiger partial charge in [0.15, 0.2) is 5.75 Å². The van der Waals surface area contributed by atoms with Gasteiger partial charge in [-0.2, -0.15) is 0 Å². The van der Waals surface area contributed by atoms with Crippen molar-refractivity contribution in [3.05, 3.63) is 89.7 Å². The molecule has 0 atom stereocenters. The summed E-state index contributed by atoms with van der Waals surface area (Å²) in [6.07, 6.45) is 0. The summed E-state index contributed by atoms with van der Waals surface area (Å²) in [6.45, 7) is 0. The van der Waals surface area contributed by atoms with Gasteiger partial charge in [-0.1, -0.05) is 18.2 Å². The molecule has 0 spiro atoms. The monoisotopic (exact) mass is 351 g/mol. The van der Waals surface area contributed by atoms with Gasteiger partial charge in [-0.15, -0.1) is 0 Å². The van der Waals surface area contributed by atoms with Gasteiger partial charge in [0, 0.05) is 5.56 Å². The molecule has 3 aromatic carbocycles. The third-order valence-corrected chi connectivity index (χ3v) is 3.55. The Bertz CT molecular complexity index is 954. The number of amides is 1. The Kier molecular flexibility index (Phi) is 4.94. The number of carbonyl (C=O) groups excluding carboxylic acids is 1. The molecule has 0 fully saturated rings. The number of nitrogens with one attached hydrogen (secondary N) is 1. The van der Waals surface area contributed by atoms with Crippen LogP contribution in [0.2, 0.25) is 0 Å². The summed E-state index contributed by atoms with van der Waals surface area (Å²) in [7, 11) is 0. The highest BCUT2D eigenvalue weighted by Gasteiger charge is 2.11. The zero-order valence-corrected chi connectivity index (χ0v) is 13.5. The number of hydrogen-bond donors (Lipinski definition) is 2. The third-order valence-electron chi connectivity index (χ3n) is 3.55. The maximum Gasteiger partial charge on any atom is 0.335 e. The standard InChI is InChI=1S/C20H14FNO4/c21-15-5-3-4-14(12-15)19(23)22-17-6-1-2-7-18(17)26-16-10-8-13(9-11-16)20(24)25/h1-12H,(H,22,23)(H,24,25).